The Bertz CT molecular complexity index is 1220. The van der Waals surface area contributed by atoms with Crippen molar-refractivity contribution in [1.82, 2.24) is 20.6 Å². The zero-order chi connectivity index (χ0) is 15.6. The Kier molecular flexibility index (Phi) is 2.26. The molecule has 1 aromatic heterocycles. The van der Waals surface area contributed by atoms with Gasteiger partial charge in [0.15, 0.2) is 0 Å². The van der Waals surface area contributed by atoms with Gasteiger partial charge in [0.2, 0.25) is 5.82 Å². The second-order valence-electron chi connectivity index (χ2n) is 5.74. The first kappa shape index (κ1) is 12.4. The van der Waals surface area contributed by atoms with Crippen molar-refractivity contribution in [3.63, 3.8) is 0 Å². The number of nitrogens with zero attached hydrogens (tertiary/aromatic N) is 5. The number of tetrazole rings is 1. The molecule has 6 nitrogen and oxygen atoms in total. The number of rotatable bonds is 1. The molecule has 6 heteroatoms. The summed E-state index contributed by atoms with van der Waals surface area (Å²) in [6.45, 7) is 4.15. The molecule has 0 radical (unpaired) electrons. The molecule has 0 spiro atoms. The first-order valence-electron chi connectivity index (χ1n) is 7.39. The molecule has 0 atom stereocenters. The molecule has 0 unspecified atom stereocenters. The molecule has 0 saturated heterocycles. The van der Waals surface area contributed by atoms with Crippen molar-refractivity contribution in [3.8, 4) is 0 Å². The number of hydrogen-bond donors (Lipinski definition) is 1. The van der Waals surface area contributed by atoms with Crippen molar-refractivity contribution in [2.75, 3.05) is 0 Å². The lowest BCUT2D eigenvalue weighted by Gasteiger charge is -2.02. The van der Waals surface area contributed by atoms with Crippen LogP contribution in [-0.4, -0.2) is 26.3 Å². The third kappa shape index (κ3) is 1.55. The van der Waals surface area contributed by atoms with Crippen LogP contribution < -0.4 is 10.6 Å². The molecule has 0 amide bonds. The Morgan fingerprint density at radius 1 is 1.00 bits per heavy atom. The van der Waals surface area contributed by atoms with E-state index in [1.807, 2.05) is 25.1 Å². The van der Waals surface area contributed by atoms with Crippen molar-refractivity contribution < 1.29 is 0 Å². The second-order valence-corrected chi connectivity index (χ2v) is 5.74. The Balaban J connectivity index is 1.91. The molecule has 23 heavy (non-hydrogen) atoms. The number of para-hydroxylation sites is 1. The monoisotopic (exact) mass is 300 g/mol. The molecule has 0 fully saturated rings. The highest BCUT2D eigenvalue weighted by molar-refractivity contribution is 6.28. The summed E-state index contributed by atoms with van der Waals surface area (Å²) < 4.78 is 0. The molecular weight excluding hydrogens is 288 g/mol. The van der Waals surface area contributed by atoms with Crippen molar-refractivity contribution in [3.05, 3.63) is 62.7 Å². The van der Waals surface area contributed by atoms with E-state index in [0.717, 1.165) is 49.2 Å². The van der Waals surface area contributed by atoms with Crippen molar-refractivity contribution in [2.45, 2.75) is 13.8 Å². The number of aromatic nitrogens is 4. The van der Waals surface area contributed by atoms with Crippen LogP contribution in [0.1, 0.15) is 18.3 Å². The van der Waals surface area contributed by atoms with E-state index in [1.165, 1.54) is 0 Å². The zero-order valence-corrected chi connectivity index (χ0v) is 12.6. The lowest BCUT2D eigenvalue weighted by Crippen LogP contribution is -2.11. The highest BCUT2D eigenvalue weighted by Crippen LogP contribution is 2.29. The van der Waals surface area contributed by atoms with Gasteiger partial charge in [0.1, 0.15) is 5.71 Å². The molecular formula is C17H12N6. The topological polar surface area (TPSA) is 79.2 Å². The van der Waals surface area contributed by atoms with Gasteiger partial charge in [0.05, 0.1) is 16.7 Å². The van der Waals surface area contributed by atoms with E-state index in [4.69, 9.17) is 9.98 Å². The van der Waals surface area contributed by atoms with Crippen molar-refractivity contribution in [1.29, 1.82) is 0 Å². The predicted octanol–water partition coefficient (Wildman–Crippen LogP) is 1.36. The largest absolute Gasteiger partial charge is 0.247 e. The van der Waals surface area contributed by atoms with Gasteiger partial charge in [-0.2, -0.15) is 5.21 Å². The maximum Gasteiger partial charge on any atom is 0.223 e. The van der Waals surface area contributed by atoms with Crippen LogP contribution >= 0.6 is 0 Å². The minimum atomic E-state index is 0.524. The van der Waals surface area contributed by atoms with Gasteiger partial charge in [-0.1, -0.05) is 18.2 Å². The molecule has 5 rings (SSSR count). The van der Waals surface area contributed by atoms with E-state index in [-0.39, 0.29) is 0 Å². The van der Waals surface area contributed by atoms with E-state index >= 15 is 0 Å². The Morgan fingerprint density at radius 2 is 1.87 bits per heavy atom. The summed E-state index contributed by atoms with van der Waals surface area (Å²) in [5.41, 5.74) is 4.97. The van der Waals surface area contributed by atoms with Gasteiger partial charge in [0.25, 0.3) is 0 Å². The Hall–Kier alpha value is -3.15. The lowest BCUT2D eigenvalue weighted by molar-refractivity contribution is 0.881. The average Bonchev–Trinajstić information content (AvgIpc) is 3.26. The number of nitrogens with one attached hydrogen (secondary N) is 1. The molecule has 2 aromatic carbocycles. The van der Waals surface area contributed by atoms with Gasteiger partial charge in [-0.05, 0) is 42.3 Å². The molecule has 110 valence electrons. The maximum atomic E-state index is 4.80. The summed E-state index contributed by atoms with van der Waals surface area (Å²) in [6, 6.07) is 10.3. The molecule has 1 N–H and O–H groups in total. The van der Waals surface area contributed by atoms with Gasteiger partial charge in [0, 0.05) is 15.7 Å². The van der Waals surface area contributed by atoms with E-state index in [9.17, 15) is 0 Å². The molecule has 3 heterocycles. The molecule has 3 aromatic rings. The van der Waals surface area contributed by atoms with Crippen LogP contribution in [0.3, 0.4) is 0 Å². The van der Waals surface area contributed by atoms with Gasteiger partial charge in [-0.25, -0.2) is 9.98 Å². The Morgan fingerprint density at radius 3 is 2.70 bits per heavy atom. The molecule has 0 bridgehead atoms. The van der Waals surface area contributed by atoms with Crippen molar-refractivity contribution in [2.24, 2.45) is 9.98 Å². The molecule has 0 saturated carbocycles. The Labute approximate surface area is 130 Å². The van der Waals surface area contributed by atoms with Crippen LogP contribution in [0.4, 0.5) is 11.4 Å². The number of aliphatic imine (C=N–C) groups is 1. The van der Waals surface area contributed by atoms with Crippen LogP contribution in [0, 0.1) is 17.4 Å². The normalized spacial score (nSPS) is 14.2. The number of benzene rings is 2. The minimum Gasteiger partial charge on any atom is -0.247 e. The summed E-state index contributed by atoms with van der Waals surface area (Å²) in [5.74, 6) is 0.524. The fourth-order valence-electron chi connectivity index (χ4n) is 3.42. The van der Waals surface area contributed by atoms with Gasteiger partial charge < -0.3 is 0 Å². The van der Waals surface area contributed by atoms with E-state index in [2.05, 4.69) is 39.7 Å². The highest BCUT2D eigenvalue weighted by Gasteiger charge is 2.22. The van der Waals surface area contributed by atoms with Crippen molar-refractivity contribution >= 4 is 22.7 Å². The van der Waals surface area contributed by atoms with Crippen LogP contribution in [0.25, 0.3) is 5.57 Å². The van der Waals surface area contributed by atoms with Gasteiger partial charge in [-0.3, -0.25) is 0 Å². The second kappa shape index (κ2) is 4.19. The zero-order valence-electron chi connectivity index (χ0n) is 12.6. The smallest absolute Gasteiger partial charge is 0.223 e. The van der Waals surface area contributed by atoms with Gasteiger partial charge >= 0.3 is 0 Å². The fraction of sp³-hybridized carbons (Fsp3) is 0.118. The number of hydrogen-bond acceptors (Lipinski definition) is 5. The SMILES string of the molecule is CC1=c2c(cc3c(c2C)N=c2ccccc2=3)N=C1c1nn[nH]n1. The van der Waals surface area contributed by atoms with Crippen LogP contribution in [0.2, 0.25) is 0 Å². The first-order chi connectivity index (χ1) is 11.2. The quantitative estimate of drug-likeness (QED) is 0.576. The van der Waals surface area contributed by atoms with Gasteiger partial charge in [-0.15, -0.1) is 10.2 Å². The number of H-pyrrole nitrogens is 1. The minimum absolute atomic E-state index is 0.524. The van der Waals surface area contributed by atoms with Crippen LogP contribution in [0.5, 0.6) is 0 Å². The summed E-state index contributed by atoms with van der Waals surface area (Å²) in [7, 11) is 0. The van der Waals surface area contributed by atoms with Crippen LogP contribution in [0.15, 0.2) is 40.3 Å². The van der Waals surface area contributed by atoms with E-state index in [0.29, 0.717) is 5.82 Å². The number of aromatic amines is 1. The lowest BCUT2D eigenvalue weighted by atomic mass is 10.0. The number of fused-ring (bicyclic) bond motifs is 3. The third-order valence-corrected chi connectivity index (χ3v) is 4.47. The molecule has 2 aliphatic rings. The maximum absolute atomic E-state index is 4.80. The molecule has 2 aliphatic heterocycles. The summed E-state index contributed by atoms with van der Waals surface area (Å²) in [5, 5.41) is 18.7. The highest BCUT2D eigenvalue weighted by atomic mass is 15.5. The third-order valence-electron chi connectivity index (χ3n) is 4.47. The van der Waals surface area contributed by atoms with E-state index < -0.39 is 0 Å². The molecule has 0 aliphatic carbocycles. The first-order valence-corrected chi connectivity index (χ1v) is 7.39. The average molecular weight is 300 g/mol. The van der Waals surface area contributed by atoms with Crippen LogP contribution in [-0.2, 0) is 0 Å². The standard InChI is InChI=1S/C17H12N6/c1-8-14-9(2)16(17-20-22-23-21-17)19-13(14)7-11-10-5-3-4-6-12(10)18-15(8)11/h3-7H,1-2H3,(H,20,21,22,23). The summed E-state index contributed by atoms with van der Waals surface area (Å²) in [6.07, 6.45) is 0. The fourth-order valence-corrected chi connectivity index (χ4v) is 3.42. The van der Waals surface area contributed by atoms with E-state index in [1.54, 1.807) is 0 Å². The summed E-state index contributed by atoms with van der Waals surface area (Å²) in [4.78, 5) is 9.54. The predicted molar refractivity (Wildman–Crippen MR) is 85.2 cm³/mol. The summed E-state index contributed by atoms with van der Waals surface area (Å²) >= 11 is 0.